The topological polar surface area (TPSA) is 157 Å². The largest absolute Gasteiger partial charge is 0.497 e. The fraction of sp³-hybridized carbons (Fsp3) is 0.262. The molecule has 0 saturated heterocycles. The van der Waals surface area contributed by atoms with Crippen molar-refractivity contribution in [2.24, 2.45) is 0 Å². The summed E-state index contributed by atoms with van der Waals surface area (Å²) in [5.74, 6) is 4.47. The van der Waals surface area contributed by atoms with Gasteiger partial charge in [-0.1, -0.05) is 87.7 Å². The zero-order chi connectivity index (χ0) is 56.6. The molecule has 6 aromatic heterocycles. The van der Waals surface area contributed by atoms with Crippen molar-refractivity contribution in [3.8, 4) is 17.2 Å². The molecule has 0 bridgehead atoms. The van der Waals surface area contributed by atoms with E-state index in [1.807, 2.05) is 127 Å². The van der Waals surface area contributed by atoms with Crippen LogP contribution in [0.4, 0.5) is 17.5 Å². The number of para-hydroxylation sites is 3. The van der Waals surface area contributed by atoms with Crippen LogP contribution in [0.1, 0.15) is 52.4 Å². The second-order valence-electron chi connectivity index (χ2n) is 19.9. The summed E-state index contributed by atoms with van der Waals surface area (Å²) < 4.78 is 21.5. The average Bonchev–Trinajstić information content (AvgIpc) is 3.59. The van der Waals surface area contributed by atoms with Crippen LogP contribution >= 0.6 is 34.0 Å². The summed E-state index contributed by atoms with van der Waals surface area (Å²) in [6.07, 6.45) is 6.62. The lowest BCUT2D eigenvalue weighted by atomic mass is 10.1. The molecule has 0 amide bonds. The maximum atomic E-state index is 13.4. The average molecular weight is 1140 g/mol. The van der Waals surface area contributed by atoms with E-state index in [-0.39, 0.29) is 16.3 Å². The highest BCUT2D eigenvalue weighted by Gasteiger charge is 2.19. The summed E-state index contributed by atoms with van der Waals surface area (Å²) in [6, 6.07) is 40.5. The second kappa shape index (κ2) is 25.6. The number of aromatic nitrogens is 3. The van der Waals surface area contributed by atoms with Gasteiger partial charge >= 0.3 is 0 Å². The van der Waals surface area contributed by atoms with Gasteiger partial charge in [0.25, 0.3) is 0 Å². The lowest BCUT2D eigenvalue weighted by molar-refractivity contribution is 0.405. The molecule has 12 aromatic rings. The van der Waals surface area contributed by atoms with E-state index in [0.717, 1.165) is 146 Å². The molecular weight excluding hydrogens is 1070 g/mol. The smallest absolute Gasteiger partial charge is 0.196 e. The highest BCUT2D eigenvalue weighted by molar-refractivity contribution is 7.26. The number of unbranched alkanes of at least 4 members (excludes halogenated alkanes) is 3. The molecule has 12 rings (SSSR count). The summed E-state index contributed by atoms with van der Waals surface area (Å²) in [4.78, 5) is 56.8. The van der Waals surface area contributed by atoms with Crippen LogP contribution in [0.3, 0.4) is 0 Å². The van der Waals surface area contributed by atoms with Gasteiger partial charge in [0.1, 0.15) is 34.7 Å². The van der Waals surface area contributed by atoms with Gasteiger partial charge in [0, 0.05) is 66.1 Å². The normalized spacial score (nSPS) is 11.4. The van der Waals surface area contributed by atoms with Crippen molar-refractivity contribution in [2.75, 3.05) is 77.6 Å². The van der Waals surface area contributed by atoms with Gasteiger partial charge in [-0.15, -0.1) is 34.0 Å². The van der Waals surface area contributed by atoms with Gasteiger partial charge in [0.15, 0.2) is 16.3 Å². The molecule has 0 atom stereocenters. The first-order valence-electron chi connectivity index (χ1n) is 27.4. The van der Waals surface area contributed by atoms with E-state index in [0.29, 0.717) is 33.4 Å². The van der Waals surface area contributed by atoms with E-state index in [1.54, 1.807) is 55.3 Å². The van der Waals surface area contributed by atoms with Crippen molar-refractivity contribution in [1.29, 1.82) is 0 Å². The van der Waals surface area contributed by atoms with Crippen LogP contribution in [0.2, 0.25) is 0 Å². The number of hydrogen-bond donors (Lipinski definition) is 3. The number of benzene rings is 6. The Balaban J connectivity index is 0.000000136. The molecule has 6 heterocycles. The van der Waals surface area contributed by atoms with Gasteiger partial charge < -0.3 is 35.1 Å². The molecule has 0 aliphatic rings. The Morgan fingerprint density at radius 2 is 0.753 bits per heavy atom. The summed E-state index contributed by atoms with van der Waals surface area (Å²) >= 11 is 4.81. The van der Waals surface area contributed by atoms with Crippen molar-refractivity contribution in [3.05, 3.63) is 158 Å². The van der Waals surface area contributed by atoms with Gasteiger partial charge in [-0.05, 0) is 113 Å². The van der Waals surface area contributed by atoms with Gasteiger partial charge in [0.05, 0.1) is 68.1 Å². The Labute approximate surface area is 481 Å². The van der Waals surface area contributed by atoms with Gasteiger partial charge in [0.2, 0.25) is 0 Å². The Morgan fingerprint density at radius 1 is 0.420 bits per heavy atom. The first-order chi connectivity index (χ1) is 39.5. The third-order valence-electron chi connectivity index (χ3n) is 14.1. The minimum Gasteiger partial charge on any atom is -0.497 e. The van der Waals surface area contributed by atoms with Crippen LogP contribution < -0.4 is 46.4 Å². The molecule has 0 aliphatic heterocycles. The molecule has 16 heteroatoms. The molecule has 0 fully saturated rings. The van der Waals surface area contributed by atoms with E-state index in [4.69, 9.17) is 29.2 Å². The van der Waals surface area contributed by atoms with Crippen molar-refractivity contribution in [2.45, 2.75) is 52.4 Å². The fourth-order valence-electron chi connectivity index (χ4n) is 9.93. The molecule has 13 nitrogen and oxygen atoms in total. The van der Waals surface area contributed by atoms with Crippen LogP contribution in [0, 0.1) is 0 Å². The summed E-state index contributed by atoms with van der Waals surface area (Å²) in [5, 5.41) is 17.3. The van der Waals surface area contributed by atoms with E-state index in [9.17, 15) is 14.4 Å². The van der Waals surface area contributed by atoms with Gasteiger partial charge in [-0.25, -0.2) is 15.0 Å². The number of nitrogens with zero attached hydrogens (tertiary/aromatic N) is 4. The highest BCUT2D eigenvalue weighted by Crippen LogP contribution is 2.38. The predicted molar refractivity (Wildman–Crippen MR) is 345 cm³/mol. The van der Waals surface area contributed by atoms with Crippen molar-refractivity contribution in [3.63, 3.8) is 0 Å². The number of ether oxygens (including phenoxy) is 3. The molecule has 6 aromatic carbocycles. The van der Waals surface area contributed by atoms with E-state index in [2.05, 4.69) is 48.8 Å². The van der Waals surface area contributed by atoms with Crippen LogP contribution in [0.25, 0.3) is 93.2 Å². The minimum atomic E-state index is 0.0255. The zero-order valence-corrected chi connectivity index (χ0v) is 49.1. The number of anilines is 3. The molecule has 81 heavy (non-hydrogen) atoms. The van der Waals surface area contributed by atoms with Crippen molar-refractivity contribution >= 4 is 145 Å². The predicted octanol–water partition coefficient (Wildman–Crippen LogP) is 15.1. The lowest BCUT2D eigenvalue weighted by Gasteiger charge is -2.13. The highest BCUT2D eigenvalue weighted by atomic mass is 32.1. The Bertz CT molecular complexity index is 4470. The number of pyridine rings is 3. The number of hydrogen-bond acceptors (Lipinski definition) is 16. The monoisotopic (exact) mass is 1140 g/mol. The third kappa shape index (κ3) is 11.9. The molecule has 0 spiro atoms. The van der Waals surface area contributed by atoms with Crippen molar-refractivity contribution in [1.82, 2.24) is 19.9 Å². The van der Waals surface area contributed by atoms with Crippen LogP contribution in [0.15, 0.2) is 142 Å². The Hall–Kier alpha value is -8.02. The van der Waals surface area contributed by atoms with Gasteiger partial charge in [-0.3, -0.25) is 14.4 Å². The SMILES string of the molecule is CCCCCNc1nc2ccccc2c2c(=O)c3cc(OC)ccc3sc12.CCCCNc1nc2ccccc2c2c(=O)c3cc(OC)ccc3sc12.COc1ccc2sc3c(NCCCN(C)C)nc4ccccc4c3c(=O)c2c1. The minimum absolute atomic E-state index is 0.0255. The first kappa shape index (κ1) is 56.3. The van der Waals surface area contributed by atoms with E-state index >= 15 is 0 Å². The summed E-state index contributed by atoms with van der Waals surface area (Å²) in [7, 11) is 8.98. The molecule has 0 unspecified atom stereocenters. The van der Waals surface area contributed by atoms with Crippen molar-refractivity contribution < 1.29 is 14.2 Å². The number of methoxy groups -OCH3 is 3. The number of fused-ring (bicyclic) bond motifs is 12. The summed E-state index contributed by atoms with van der Waals surface area (Å²) in [6.45, 7) is 7.86. The number of rotatable bonds is 17. The second-order valence-corrected chi connectivity index (χ2v) is 23.1. The first-order valence-corrected chi connectivity index (χ1v) is 29.8. The quantitative estimate of drug-likeness (QED) is 0.0450. The van der Waals surface area contributed by atoms with Crippen LogP contribution in [-0.4, -0.2) is 81.5 Å². The third-order valence-corrected chi connectivity index (χ3v) is 17.7. The molecule has 414 valence electrons. The summed E-state index contributed by atoms with van der Waals surface area (Å²) in [5.41, 5.74) is 2.60. The lowest BCUT2D eigenvalue weighted by Crippen LogP contribution is -2.17. The van der Waals surface area contributed by atoms with Crippen LogP contribution in [0.5, 0.6) is 17.2 Å². The molecule has 0 saturated carbocycles. The number of nitrogens with one attached hydrogen (secondary N) is 3. The molecule has 0 radical (unpaired) electrons. The molecular formula is C65H65N7O6S3. The Morgan fingerprint density at radius 3 is 1.09 bits per heavy atom. The van der Waals surface area contributed by atoms with Gasteiger partial charge in [-0.2, -0.15) is 0 Å². The van der Waals surface area contributed by atoms with Crippen LogP contribution in [-0.2, 0) is 0 Å². The molecule has 3 N–H and O–H groups in total. The molecule has 0 aliphatic carbocycles. The standard InChI is InChI=1S/C22H23N3O2S.C22H22N2O2S.C21H20N2O2S/c1-25(2)12-6-11-23-22-21-19(15-7-4-5-8-17(15)24-22)20(26)16-13-14(27-3)9-10-18(16)28-21;1-3-4-7-12-23-22-21-19(15-8-5-6-9-17(15)24-22)20(25)16-13-14(26-2)10-11-18(16)27-21;1-3-4-11-22-21-20-18(14-7-5-6-8-16(14)23-21)19(24)15-12-13(25-2)9-10-17(15)26-20/h4-5,7-10,13H,6,11-12H2,1-3H3,(H,23,24);5-6,8-11,13H,3-4,7,12H2,1-2H3,(H,23,24);5-10,12H,3-4,11H2,1-2H3,(H,22,23). The Kier molecular flexibility index (Phi) is 17.8. The zero-order valence-electron chi connectivity index (χ0n) is 46.7. The maximum absolute atomic E-state index is 13.4. The van der Waals surface area contributed by atoms with E-state index < -0.39 is 0 Å². The fourth-order valence-corrected chi connectivity index (χ4v) is 13.3. The van der Waals surface area contributed by atoms with E-state index in [1.165, 1.54) is 12.8 Å². The maximum Gasteiger partial charge on any atom is 0.196 e.